The fourth-order valence-corrected chi connectivity index (χ4v) is 5.24. The monoisotopic (exact) mass is 484 g/mol. The smallest absolute Gasteiger partial charge is 0.407 e. The average molecular weight is 485 g/mol. The minimum atomic E-state index is -1.17. The van der Waals surface area contributed by atoms with Crippen LogP contribution < -0.4 is 5.32 Å². The highest BCUT2D eigenvalue weighted by molar-refractivity contribution is 7.98. The molecular weight excluding hydrogens is 456 g/mol. The van der Waals surface area contributed by atoms with Gasteiger partial charge in [-0.1, -0.05) is 48.5 Å². The second-order valence-corrected chi connectivity index (χ2v) is 9.52. The number of thioether (sulfide) groups is 1. The van der Waals surface area contributed by atoms with Crippen molar-refractivity contribution in [3.05, 3.63) is 59.7 Å². The number of benzene rings is 2. The van der Waals surface area contributed by atoms with Crippen molar-refractivity contribution in [3.8, 4) is 11.1 Å². The van der Waals surface area contributed by atoms with Gasteiger partial charge in [0.25, 0.3) is 0 Å². The van der Waals surface area contributed by atoms with Crippen molar-refractivity contribution in [2.75, 3.05) is 25.2 Å². The van der Waals surface area contributed by atoms with Gasteiger partial charge in [0.15, 0.2) is 0 Å². The van der Waals surface area contributed by atoms with Crippen molar-refractivity contribution in [3.63, 3.8) is 0 Å². The molecule has 180 valence electrons. The molecule has 0 spiro atoms. The third-order valence-corrected chi connectivity index (χ3v) is 7.04. The van der Waals surface area contributed by atoms with Gasteiger partial charge in [-0.3, -0.25) is 4.79 Å². The molecule has 2 aromatic carbocycles. The zero-order chi connectivity index (χ0) is 24.2. The maximum Gasteiger partial charge on any atom is 0.407 e. The fraction of sp³-hybridized carbons (Fsp3) is 0.400. The number of carboxylic acids is 1. The Balaban J connectivity index is 1.44. The topological polar surface area (TPSA) is 116 Å². The van der Waals surface area contributed by atoms with Crippen LogP contribution in [-0.4, -0.2) is 76.4 Å². The molecule has 2 unspecified atom stereocenters. The molecule has 1 aliphatic heterocycles. The molecule has 2 amide bonds. The molecule has 1 saturated heterocycles. The molecule has 3 atom stereocenters. The zero-order valence-electron chi connectivity index (χ0n) is 18.8. The van der Waals surface area contributed by atoms with Gasteiger partial charge in [0, 0.05) is 18.9 Å². The standard InChI is InChI=1S/C25H28N2O6S/c1-34-11-10-21(23(29)27-13-15(28)12-22(27)24(30)31)26-25(32)33-14-20-18-8-4-2-6-16(18)17-7-3-5-9-19(17)20/h2-9,15,20-22,28H,10-14H2,1H3,(H,26,32)(H,30,31)/t15?,21?,22-/m0/s1. The van der Waals surface area contributed by atoms with Gasteiger partial charge in [-0.25, -0.2) is 9.59 Å². The molecule has 0 aromatic heterocycles. The average Bonchev–Trinajstić information content (AvgIpc) is 3.38. The second kappa shape index (κ2) is 10.5. The van der Waals surface area contributed by atoms with Crippen molar-refractivity contribution in [2.45, 2.75) is 36.9 Å². The van der Waals surface area contributed by atoms with E-state index in [-0.39, 0.29) is 25.5 Å². The Hall–Kier alpha value is -3.04. The first-order valence-corrected chi connectivity index (χ1v) is 12.6. The summed E-state index contributed by atoms with van der Waals surface area (Å²) in [6.45, 7) is 0.0431. The van der Waals surface area contributed by atoms with Crippen LogP contribution in [0.15, 0.2) is 48.5 Å². The summed E-state index contributed by atoms with van der Waals surface area (Å²) in [6, 6.07) is 14.0. The van der Waals surface area contributed by atoms with Gasteiger partial charge in [-0.2, -0.15) is 11.8 Å². The second-order valence-electron chi connectivity index (χ2n) is 8.54. The Bertz CT molecular complexity index is 1030. The normalized spacial score (nSPS) is 19.9. The minimum absolute atomic E-state index is 0.0265. The predicted octanol–water partition coefficient (Wildman–Crippen LogP) is 2.69. The molecule has 3 N–H and O–H groups in total. The molecule has 34 heavy (non-hydrogen) atoms. The van der Waals surface area contributed by atoms with Gasteiger partial charge in [-0.15, -0.1) is 0 Å². The summed E-state index contributed by atoms with van der Waals surface area (Å²) in [7, 11) is 0. The predicted molar refractivity (Wildman–Crippen MR) is 129 cm³/mol. The first-order valence-electron chi connectivity index (χ1n) is 11.2. The van der Waals surface area contributed by atoms with Crippen LogP contribution in [0.1, 0.15) is 29.9 Å². The van der Waals surface area contributed by atoms with Crippen molar-refractivity contribution in [2.24, 2.45) is 0 Å². The van der Waals surface area contributed by atoms with Gasteiger partial charge in [0.1, 0.15) is 18.7 Å². The number of amides is 2. The molecule has 1 heterocycles. The van der Waals surface area contributed by atoms with Gasteiger partial charge in [-0.05, 0) is 40.7 Å². The van der Waals surface area contributed by atoms with Crippen molar-refractivity contribution in [1.29, 1.82) is 0 Å². The summed E-state index contributed by atoms with van der Waals surface area (Å²) in [4.78, 5) is 38.5. The number of carbonyl (C=O) groups is 3. The van der Waals surface area contributed by atoms with Crippen LogP contribution in [0.25, 0.3) is 11.1 Å². The molecule has 8 nitrogen and oxygen atoms in total. The lowest BCUT2D eigenvalue weighted by Crippen LogP contribution is -2.52. The number of carboxylic acid groups (broad SMARTS) is 1. The Morgan fingerprint density at radius 1 is 1.12 bits per heavy atom. The van der Waals surface area contributed by atoms with Crippen LogP contribution in [0.2, 0.25) is 0 Å². The summed E-state index contributed by atoms with van der Waals surface area (Å²) in [5.74, 6) is -1.21. The van der Waals surface area contributed by atoms with E-state index < -0.39 is 36.2 Å². The minimum Gasteiger partial charge on any atom is -0.480 e. The molecule has 9 heteroatoms. The van der Waals surface area contributed by atoms with E-state index in [4.69, 9.17) is 4.74 Å². The number of β-amino-alcohol motifs (C(OH)–C–C–N with tert-alkyl or cyclic N) is 1. The maximum atomic E-state index is 13.1. The third kappa shape index (κ3) is 4.90. The van der Waals surface area contributed by atoms with E-state index in [2.05, 4.69) is 17.4 Å². The first-order chi connectivity index (χ1) is 16.4. The first kappa shape index (κ1) is 24.1. The quantitative estimate of drug-likeness (QED) is 0.528. The molecule has 0 bridgehead atoms. The molecule has 2 aliphatic rings. The number of aliphatic hydroxyl groups excluding tert-OH is 1. The molecule has 4 rings (SSSR count). The van der Waals surface area contributed by atoms with Crippen molar-refractivity contribution < 1.29 is 29.3 Å². The van der Waals surface area contributed by atoms with Crippen molar-refractivity contribution in [1.82, 2.24) is 10.2 Å². The van der Waals surface area contributed by atoms with Gasteiger partial charge in [0.2, 0.25) is 5.91 Å². The number of aliphatic hydroxyl groups is 1. The van der Waals surface area contributed by atoms with E-state index >= 15 is 0 Å². The number of fused-ring (bicyclic) bond motifs is 3. The van der Waals surface area contributed by atoms with Gasteiger partial charge >= 0.3 is 12.1 Å². The summed E-state index contributed by atoms with van der Waals surface area (Å²) < 4.78 is 5.57. The van der Waals surface area contributed by atoms with E-state index in [1.54, 1.807) is 0 Å². The molecule has 1 aliphatic carbocycles. The number of nitrogens with one attached hydrogen (secondary N) is 1. The molecule has 0 radical (unpaired) electrons. The number of aliphatic carboxylic acids is 1. The van der Waals surface area contributed by atoms with E-state index in [1.807, 2.05) is 42.7 Å². The lowest BCUT2D eigenvalue weighted by atomic mass is 9.98. The summed E-state index contributed by atoms with van der Waals surface area (Å²) in [5, 5.41) is 22.0. The van der Waals surface area contributed by atoms with E-state index in [9.17, 15) is 24.6 Å². The summed E-state index contributed by atoms with van der Waals surface area (Å²) >= 11 is 1.51. The SMILES string of the molecule is CSCCC(NC(=O)OCC1c2ccccc2-c2ccccc21)C(=O)N1CC(O)C[C@H]1C(=O)O. The molecule has 2 aromatic rings. The highest BCUT2D eigenvalue weighted by atomic mass is 32.2. The Labute approximate surface area is 202 Å². The van der Waals surface area contributed by atoms with Crippen molar-refractivity contribution >= 4 is 29.7 Å². The maximum absolute atomic E-state index is 13.1. The Morgan fingerprint density at radius 2 is 1.74 bits per heavy atom. The van der Waals surface area contributed by atoms with Crippen LogP contribution in [0, 0.1) is 0 Å². The van der Waals surface area contributed by atoms with Crippen LogP contribution in [-0.2, 0) is 14.3 Å². The number of likely N-dealkylation sites (tertiary alicyclic amines) is 1. The highest BCUT2D eigenvalue weighted by Crippen LogP contribution is 2.44. The largest absolute Gasteiger partial charge is 0.480 e. The van der Waals surface area contributed by atoms with Crippen LogP contribution in [0.3, 0.4) is 0 Å². The van der Waals surface area contributed by atoms with E-state index in [0.29, 0.717) is 12.2 Å². The molecular formula is C25H28N2O6S. The summed E-state index contributed by atoms with van der Waals surface area (Å²) in [6.07, 6.45) is 0.549. The lowest BCUT2D eigenvalue weighted by molar-refractivity contribution is -0.149. The number of alkyl carbamates (subject to hydrolysis) is 1. The van der Waals surface area contributed by atoms with Gasteiger partial charge in [0.05, 0.1) is 6.10 Å². The summed E-state index contributed by atoms with van der Waals surface area (Å²) in [5.41, 5.74) is 4.41. The number of hydrogen-bond donors (Lipinski definition) is 3. The number of rotatable bonds is 8. The lowest BCUT2D eigenvalue weighted by Gasteiger charge is -2.27. The zero-order valence-corrected chi connectivity index (χ0v) is 19.7. The Kier molecular flexibility index (Phi) is 7.43. The Morgan fingerprint density at radius 3 is 2.32 bits per heavy atom. The van der Waals surface area contributed by atoms with Gasteiger partial charge < -0.3 is 25.2 Å². The molecule has 1 fully saturated rings. The van der Waals surface area contributed by atoms with Crippen LogP contribution >= 0.6 is 11.8 Å². The fourth-order valence-electron chi connectivity index (χ4n) is 4.77. The molecule has 0 saturated carbocycles. The van der Waals surface area contributed by atoms with Crippen LogP contribution in [0.4, 0.5) is 4.79 Å². The van der Waals surface area contributed by atoms with Crippen LogP contribution in [0.5, 0.6) is 0 Å². The number of nitrogens with zero attached hydrogens (tertiary/aromatic N) is 1. The van der Waals surface area contributed by atoms with E-state index in [0.717, 1.165) is 27.2 Å². The van der Waals surface area contributed by atoms with E-state index in [1.165, 1.54) is 11.8 Å². The number of carbonyl (C=O) groups excluding carboxylic acids is 2. The highest BCUT2D eigenvalue weighted by Gasteiger charge is 2.41. The number of hydrogen-bond acceptors (Lipinski definition) is 6. The number of ether oxygens (including phenoxy) is 1. The third-order valence-electron chi connectivity index (χ3n) is 6.39.